The number of carbonyl (C=O) groups is 2. The normalized spacial score (nSPS) is 11.4. The van der Waals surface area contributed by atoms with Gasteiger partial charge >= 0.3 is 5.97 Å². The van der Waals surface area contributed by atoms with E-state index in [0.717, 1.165) is 0 Å². The number of nitrogens with one attached hydrogen (secondary N) is 1. The lowest BCUT2D eigenvalue weighted by atomic mass is 10.1. The van der Waals surface area contributed by atoms with E-state index in [0.29, 0.717) is 32.6 Å². The van der Waals surface area contributed by atoms with Crippen LogP contribution in [0.4, 0.5) is 0 Å². The summed E-state index contributed by atoms with van der Waals surface area (Å²) >= 11 is 12.0. The van der Waals surface area contributed by atoms with Crippen LogP contribution in [0.1, 0.15) is 28.5 Å². The lowest BCUT2D eigenvalue weighted by Crippen LogP contribution is -2.21. The van der Waals surface area contributed by atoms with Crippen molar-refractivity contribution in [1.29, 1.82) is 0 Å². The Kier molecular flexibility index (Phi) is 6.62. The third-order valence-electron chi connectivity index (χ3n) is 4.47. The number of halogens is 2. The van der Waals surface area contributed by atoms with Crippen molar-refractivity contribution in [2.75, 3.05) is 0 Å². The van der Waals surface area contributed by atoms with Crippen molar-refractivity contribution < 1.29 is 19.8 Å². The predicted molar refractivity (Wildman–Crippen MR) is 118 cm³/mol. The van der Waals surface area contributed by atoms with E-state index < -0.39 is 11.9 Å². The van der Waals surface area contributed by atoms with Crippen molar-refractivity contribution in [3.05, 3.63) is 69.3 Å². The number of carboxylic acids is 1. The Morgan fingerprint density at radius 3 is 2.42 bits per heavy atom. The molecule has 0 atom stereocenters. The van der Waals surface area contributed by atoms with Gasteiger partial charge in [-0.25, -0.2) is 10.2 Å². The van der Waals surface area contributed by atoms with Crippen molar-refractivity contribution in [1.82, 2.24) is 15.2 Å². The molecule has 0 saturated carbocycles. The summed E-state index contributed by atoms with van der Waals surface area (Å²) in [6.45, 7) is 1.60. The molecule has 0 radical (unpaired) electrons. The Hall–Kier alpha value is -3.36. The number of hydrogen-bond acceptors (Lipinski definition) is 5. The number of carbonyl (C=O) groups excluding carboxylic acids is 1. The number of amides is 1. The number of hydrazone groups is 1. The van der Waals surface area contributed by atoms with Gasteiger partial charge in [0.15, 0.2) is 11.4 Å². The average molecular weight is 461 g/mol. The first-order valence-electron chi connectivity index (χ1n) is 9.04. The highest BCUT2D eigenvalue weighted by Crippen LogP contribution is 2.35. The largest absolute Gasteiger partial charge is 0.504 e. The van der Waals surface area contributed by atoms with Gasteiger partial charge in [-0.1, -0.05) is 41.4 Å². The molecule has 2 aromatic carbocycles. The highest BCUT2D eigenvalue weighted by atomic mass is 35.5. The van der Waals surface area contributed by atoms with E-state index in [1.807, 2.05) is 0 Å². The van der Waals surface area contributed by atoms with Gasteiger partial charge in [0.2, 0.25) is 5.91 Å². The van der Waals surface area contributed by atoms with Crippen LogP contribution in [0.15, 0.2) is 47.6 Å². The third kappa shape index (κ3) is 5.04. The van der Waals surface area contributed by atoms with Crippen molar-refractivity contribution >= 4 is 40.8 Å². The molecule has 0 aliphatic rings. The quantitative estimate of drug-likeness (QED) is 0.381. The summed E-state index contributed by atoms with van der Waals surface area (Å²) in [6, 6.07) is 10.9. The maximum Gasteiger partial charge on any atom is 0.335 e. The van der Waals surface area contributed by atoms with Gasteiger partial charge in [0.25, 0.3) is 0 Å². The number of rotatable bonds is 6. The molecule has 0 fully saturated rings. The maximum absolute atomic E-state index is 12.2. The minimum Gasteiger partial charge on any atom is -0.504 e. The molecule has 31 heavy (non-hydrogen) atoms. The van der Waals surface area contributed by atoms with Crippen molar-refractivity contribution in [3.8, 4) is 17.0 Å². The molecule has 3 rings (SSSR count). The Morgan fingerprint density at radius 2 is 1.81 bits per heavy atom. The van der Waals surface area contributed by atoms with Crippen LogP contribution in [0.2, 0.25) is 10.0 Å². The molecule has 1 heterocycles. The van der Waals surface area contributed by atoms with Crippen LogP contribution in [0, 0.1) is 0 Å². The molecule has 8 nitrogen and oxygen atoms in total. The second-order valence-corrected chi connectivity index (χ2v) is 7.52. The number of hydrogen-bond donors (Lipinski definition) is 3. The fourth-order valence-electron chi connectivity index (χ4n) is 2.91. The van der Waals surface area contributed by atoms with Gasteiger partial charge in [-0.05, 0) is 36.8 Å². The molecule has 1 aromatic heterocycles. The highest BCUT2D eigenvalue weighted by molar-refractivity contribution is 6.42. The van der Waals surface area contributed by atoms with E-state index in [1.165, 1.54) is 16.8 Å². The number of nitrogens with zero attached hydrogens (tertiary/aromatic N) is 3. The van der Waals surface area contributed by atoms with Gasteiger partial charge in [-0.2, -0.15) is 10.2 Å². The van der Waals surface area contributed by atoms with Gasteiger partial charge < -0.3 is 10.2 Å². The first-order chi connectivity index (χ1) is 14.7. The molecule has 3 aromatic rings. The highest BCUT2D eigenvalue weighted by Gasteiger charge is 2.20. The van der Waals surface area contributed by atoms with Crippen molar-refractivity contribution in [3.63, 3.8) is 0 Å². The minimum atomic E-state index is -1.04. The summed E-state index contributed by atoms with van der Waals surface area (Å²) < 4.78 is 1.48. The number of aromatic nitrogens is 2. The molecule has 1 amide bonds. The standard InChI is InChI=1S/C21H18Cl2N4O4/c1-11(24-25-17(28)9-12-3-5-13(6-4-12)21(30)31)18-20(29)19(27(2)26-18)14-7-8-15(22)16(23)10-14/h3-8,10,29H,9H2,1-2H3,(H,25,28)(H,30,31)/b24-11-. The van der Waals surface area contributed by atoms with Crippen molar-refractivity contribution in [2.45, 2.75) is 13.3 Å². The molecular formula is C21H18Cl2N4O4. The number of benzene rings is 2. The Balaban J connectivity index is 1.75. The molecular weight excluding hydrogens is 443 g/mol. The average Bonchev–Trinajstić information content (AvgIpc) is 3.03. The fourth-order valence-corrected chi connectivity index (χ4v) is 3.21. The zero-order valence-corrected chi connectivity index (χ0v) is 18.1. The molecule has 0 spiro atoms. The first kappa shape index (κ1) is 22.3. The summed E-state index contributed by atoms with van der Waals surface area (Å²) in [5.74, 6) is -1.55. The monoisotopic (exact) mass is 460 g/mol. The fraction of sp³-hybridized carbons (Fsp3) is 0.143. The zero-order valence-electron chi connectivity index (χ0n) is 16.6. The second kappa shape index (κ2) is 9.20. The third-order valence-corrected chi connectivity index (χ3v) is 5.21. The van der Waals surface area contributed by atoms with Crippen LogP contribution < -0.4 is 5.43 Å². The molecule has 0 aliphatic heterocycles. The summed E-state index contributed by atoms with van der Waals surface area (Å²) in [5.41, 5.74) is 4.74. The predicted octanol–water partition coefficient (Wildman–Crippen LogP) is 3.88. The van der Waals surface area contributed by atoms with E-state index >= 15 is 0 Å². The van der Waals surface area contributed by atoms with Gasteiger partial charge in [-0.3, -0.25) is 9.48 Å². The smallest absolute Gasteiger partial charge is 0.335 e. The number of aromatic hydroxyl groups is 1. The molecule has 160 valence electrons. The Morgan fingerprint density at radius 1 is 1.13 bits per heavy atom. The molecule has 3 N–H and O–H groups in total. The molecule has 0 saturated heterocycles. The van der Waals surface area contributed by atoms with Crippen LogP contribution in [0.3, 0.4) is 0 Å². The summed E-state index contributed by atoms with van der Waals surface area (Å²) in [4.78, 5) is 23.0. The Bertz CT molecular complexity index is 1190. The van der Waals surface area contributed by atoms with Gasteiger partial charge in [0.05, 0.1) is 27.7 Å². The van der Waals surface area contributed by atoms with E-state index in [-0.39, 0.29) is 23.4 Å². The van der Waals surface area contributed by atoms with E-state index in [2.05, 4.69) is 15.6 Å². The van der Waals surface area contributed by atoms with Gasteiger partial charge in [0, 0.05) is 12.6 Å². The summed E-state index contributed by atoms with van der Waals surface area (Å²) in [5, 5.41) is 28.6. The molecule has 0 aliphatic carbocycles. The molecule has 10 heteroatoms. The Labute approximate surface area is 187 Å². The summed E-state index contributed by atoms with van der Waals surface area (Å²) in [7, 11) is 1.66. The van der Waals surface area contributed by atoms with Crippen LogP contribution in [-0.2, 0) is 18.3 Å². The zero-order chi connectivity index (χ0) is 22.7. The van der Waals surface area contributed by atoms with Crippen LogP contribution >= 0.6 is 23.2 Å². The van der Waals surface area contributed by atoms with Crippen LogP contribution in [-0.4, -0.2) is 37.6 Å². The van der Waals surface area contributed by atoms with E-state index in [4.69, 9.17) is 28.3 Å². The lowest BCUT2D eigenvalue weighted by molar-refractivity contribution is -0.120. The maximum atomic E-state index is 12.2. The molecule has 0 unspecified atom stereocenters. The lowest BCUT2D eigenvalue weighted by Gasteiger charge is -2.05. The molecule has 0 bridgehead atoms. The first-order valence-corrected chi connectivity index (χ1v) is 9.80. The SMILES string of the molecule is C/C(=N/NC(=O)Cc1ccc(C(=O)O)cc1)c1nn(C)c(-c2ccc(Cl)c(Cl)c2)c1O. The number of aryl methyl sites for hydroxylation is 1. The number of aromatic carboxylic acids is 1. The summed E-state index contributed by atoms with van der Waals surface area (Å²) in [6.07, 6.45) is 0.0133. The minimum absolute atomic E-state index is 0.0133. The van der Waals surface area contributed by atoms with E-state index in [9.17, 15) is 14.7 Å². The van der Waals surface area contributed by atoms with Crippen LogP contribution in [0.25, 0.3) is 11.3 Å². The second-order valence-electron chi connectivity index (χ2n) is 6.71. The van der Waals surface area contributed by atoms with E-state index in [1.54, 1.807) is 44.3 Å². The topological polar surface area (TPSA) is 117 Å². The van der Waals surface area contributed by atoms with Gasteiger partial charge in [-0.15, -0.1) is 0 Å². The number of carboxylic acid groups (broad SMARTS) is 1. The van der Waals surface area contributed by atoms with Gasteiger partial charge in [0.1, 0.15) is 5.69 Å². The van der Waals surface area contributed by atoms with Crippen molar-refractivity contribution in [2.24, 2.45) is 12.1 Å². The van der Waals surface area contributed by atoms with Crippen LogP contribution in [0.5, 0.6) is 5.75 Å².